The molecule has 7 rings (SSSR count). The van der Waals surface area contributed by atoms with Crippen molar-refractivity contribution in [1.82, 2.24) is 35.3 Å². The van der Waals surface area contributed by atoms with Gasteiger partial charge >= 0.3 is 12.3 Å². The molecule has 5 heterocycles. The summed E-state index contributed by atoms with van der Waals surface area (Å²) in [6.45, 7) is 2.72. The van der Waals surface area contributed by atoms with Crippen molar-refractivity contribution in [3.8, 4) is 40.8 Å². The summed E-state index contributed by atoms with van der Waals surface area (Å²) in [4.78, 5) is 111. The highest BCUT2D eigenvalue weighted by Crippen LogP contribution is 2.33. The predicted molar refractivity (Wildman–Crippen MR) is 239 cm³/mol. The van der Waals surface area contributed by atoms with E-state index in [9.17, 15) is 51.5 Å². The fourth-order valence-electron chi connectivity index (χ4n) is 6.88. The second kappa shape index (κ2) is 19.9. The third-order valence-electron chi connectivity index (χ3n) is 9.96. The molecular weight excluding hydrogens is 924 g/mol. The number of hydrogen-bond acceptors (Lipinski definition) is 14. The first-order chi connectivity index (χ1) is 33.2. The molecule has 1 fully saturated rings. The third kappa shape index (κ3) is 11.3. The summed E-state index contributed by atoms with van der Waals surface area (Å²) in [6.07, 6.45) is -2.73. The second-order valence-electron chi connectivity index (χ2n) is 16.1. The number of alkyl halides is 3. The van der Waals surface area contributed by atoms with Gasteiger partial charge in [0.15, 0.2) is 11.4 Å². The van der Waals surface area contributed by atoms with Crippen molar-refractivity contribution in [2.75, 3.05) is 35.2 Å². The van der Waals surface area contributed by atoms with Crippen LogP contribution in [-0.4, -0.2) is 110 Å². The van der Waals surface area contributed by atoms with Gasteiger partial charge in [-0.25, -0.2) is 19.4 Å². The predicted octanol–water partition coefficient (Wildman–Crippen LogP) is 3.83. The molecule has 3 aromatic heterocycles. The number of nitrogens with two attached hydrogens (primary N) is 1. The highest BCUT2D eigenvalue weighted by molar-refractivity contribution is 6.25. The van der Waals surface area contributed by atoms with Gasteiger partial charge in [-0.05, 0) is 87.6 Å². The number of primary amides is 1. The lowest BCUT2D eigenvalue weighted by atomic mass is 10.0. The van der Waals surface area contributed by atoms with Crippen molar-refractivity contribution in [3.63, 3.8) is 0 Å². The van der Waals surface area contributed by atoms with Gasteiger partial charge in [-0.3, -0.25) is 48.7 Å². The Kier molecular flexibility index (Phi) is 13.8. The van der Waals surface area contributed by atoms with Gasteiger partial charge in [0.2, 0.25) is 17.7 Å². The van der Waals surface area contributed by atoms with Crippen LogP contribution in [0, 0.1) is 23.7 Å². The molecule has 0 spiro atoms. The smallest absolute Gasteiger partial charge is 0.416 e. The van der Waals surface area contributed by atoms with E-state index in [0.29, 0.717) is 16.3 Å². The molecule has 1 atom stereocenters. The molecule has 2 aliphatic heterocycles. The van der Waals surface area contributed by atoms with Crippen LogP contribution in [-0.2, 0) is 14.3 Å². The summed E-state index contributed by atoms with van der Waals surface area (Å²) < 4.78 is 52.2. The molecule has 1 unspecified atom stereocenters. The maximum absolute atomic E-state index is 13.5. The van der Waals surface area contributed by atoms with Gasteiger partial charge in [0.1, 0.15) is 30.3 Å². The van der Waals surface area contributed by atoms with E-state index in [0.717, 1.165) is 23.4 Å². The van der Waals surface area contributed by atoms with Crippen LogP contribution in [0.2, 0.25) is 0 Å². The third-order valence-corrected chi connectivity index (χ3v) is 9.96. The number of aromatic nitrogens is 4. The Bertz CT molecular complexity index is 3100. The van der Waals surface area contributed by atoms with Gasteiger partial charge in [-0.15, -0.1) is 0 Å². The zero-order valence-electron chi connectivity index (χ0n) is 37.0. The van der Waals surface area contributed by atoms with Crippen molar-refractivity contribution in [1.29, 1.82) is 0 Å². The standard InChI is InChI=1S/C46H38F3N11O10/c1-45(2,3)70-44(68)58(24-46(47,48)49)33-21-26(17-20-52-33)41-55-31(23-69-41)39(64)54-30-22-59(57-36(30)37(50)62)27-13-11-25(12-14-27)38(63)53-19-7-5-4-6-18-51-29-10-8-9-28-35(29)43(67)60(42(28)66)32-15-16-34(61)56-40(32)65/h8-14,17,20-23,32,51H,15-16,18-19,24H2,1-3H3,(H2,50,62)(H,53,63)(H,54,64)(H,56,61,65). The van der Waals surface area contributed by atoms with Gasteiger partial charge in [0, 0.05) is 29.4 Å². The first kappa shape index (κ1) is 48.6. The molecule has 0 bridgehead atoms. The summed E-state index contributed by atoms with van der Waals surface area (Å²) in [5.41, 5.74) is 4.83. The number of benzene rings is 2. The number of ether oxygens (including phenoxy) is 1. The maximum atomic E-state index is 13.5. The Morgan fingerprint density at radius 2 is 1.69 bits per heavy atom. The number of nitrogens with one attached hydrogen (secondary N) is 4. The SMILES string of the molecule is CC(C)(C)OC(=O)N(CC(F)(F)F)c1cc(-c2nc(C(=O)Nc3cn(-c4ccc(C(=O)NCC#CC#CCNc5cccc6c5C(=O)N(C5CCC(=O)NC5=O)C6=O)cc4)nc3C(N)=O)co2)ccn1. The Hall–Kier alpha value is -9.32. The first-order valence-electron chi connectivity index (χ1n) is 20.8. The largest absolute Gasteiger partial charge is 0.444 e. The van der Waals surface area contributed by atoms with E-state index in [4.69, 9.17) is 14.9 Å². The quantitative estimate of drug-likeness (QED) is 0.0878. The summed E-state index contributed by atoms with van der Waals surface area (Å²) in [5, 5.41) is 14.4. The molecular formula is C46H38F3N11O10. The number of hydrogen-bond donors (Lipinski definition) is 5. The number of halogens is 3. The lowest BCUT2D eigenvalue weighted by molar-refractivity contribution is -0.136. The molecule has 0 saturated carbocycles. The Morgan fingerprint density at radius 1 is 0.957 bits per heavy atom. The highest BCUT2D eigenvalue weighted by Gasteiger charge is 2.45. The van der Waals surface area contributed by atoms with Gasteiger partial charge in [-0.1, -0.05) is 17.9 Å². The molecule has 2 aliphatic rings. The molecule has 5 aromatic rings. The molecule has 1 saturated heterocycles. The summed E-state index contributed by atoms with van der Waals surface area (Å²) in [6, 6.07) is 11.9. The molecule has 24 heteroatoms. The maximum Gasteiger partial charge on any atom is 0.416 e. The minimum absolute atomic E-state index is 0.00427. The zero-order chi connectivity index (χ0) is 50.5. The van der Waals surface area contributed by atoms with Crippen molar-refractivity contribution >= 4 is 64.6 Å². The number of imide groups is 2. The Morgan fingerprint density at radius 3 is 2.37 bits per heavy atom. The number of carbonyl (C=O) groups excluding carboxylic acids is 8. The summed E-state index contributed by atoms with van der Waals surface area (Å²) in [5.74, 6) is 5.17. The number of oxazole rings is 1. The molecule has 0 aliphatic carbocycles. The Labute approximate surface area is 394 Å². The van der Waals surface area contributed by atoms with Crippen molar-refractivity contribution in [2.24, 2.45) is 5.73 Å². The van der Waals surface area contributed by atoms with E-state index in [-0.39, 0.29) is 71.2 Å². The topological polar surface area (TPSA) is 283 Å². The van der Waals surface area contributed by atoms with Crippen LogP contribution in [0.3, 0.4) is 0 Å². The fourth-order valence-corrected chi connectivity index (χ4v) is 6.88. The normalized spacial score (nSPS) is 14.3. The number of carbonyl (C=O) groups is 8. The van der Waals surface area contributed by atoms with Crippen LogP contribution in [0.25, 0.3) is 17.1 Å². The average Bonchev–Trinajstić information content (AvgIpc) is 4.03. The monoisotopic (exact) mass is 961 g/mol. The molecule has 70 heavy (non-hydrogen) atoms. The van der Waals surface area contributed by atoms with Crippen LogP contribution in [0.5, 0.6) is 0 Å². The lowest BCUT2D eigenvalue weighted by Gasteiger charge is -2.27. The highest BCUT2D eigenvalue weighted by atomic mass is 19.4. The molecule has 358 valence electrons. The number of amides is 8. The number of pyridine rings is 1. The minimum Gasteiger partial charge on any atom is -0.444 e. The van der Waals surface area contributed by atoms with E-state index in [2.05, 4.69) is 60.0 Å². The van der Waals surface area contributed by atoms with E-state index in [1.165, 1.54) is 68.0 Å². The van der Waals surface area contributed by atoms with Gasteiger partial charge in [-0.2, -0.15) is 18.3 Å². The summed E-state index contributed by atoms with van der Waals surface area (Å²) in [7, 11) is 0. The number of nitrogens with zero attached hydrogens (tertiary/aromatic N) is 6. The van der Waals surface area contributed by atoms with Crippen molar-refractivity contribution < 1.29 is 60.7 Å². The van der Waals surface area contributed by atoms with Gasteiger partial charge < -0.3 is 30.8 Å². The number of rotatable bonds is 12. The van der Waals surface area contributed by atoms with Crippen LogP contribution in [0.1, 0.15) is 85.7 Å². The van der Waals surface area contributed by atoms with Crippen molar-refractivity contribution in [2.45, 2.75) is 51.4 Å². The van der Waals surface area contributed by atoms with E-state index in [1.54, 1.807) is 12.1 Å². The van der Waals surface area contributed by atoms with E-state index >= 15 is 0 Å². The molecule has 8 amide bonds. The van der Waals surface area contributed by atoms with Gasteiger partial charge in [0.05, 0.1) is 41.8 Å². The van der Waals surface area contributed by atoms with Crippen LogP contribution >= 0.6 is 0 Å². The first-order valence-corrected chi connectivity index (χ1v) is 20.8. The summed E-state index contributed by atoms with van der Waals surface area (Å²) >= 11 is 0. The molecule has 6 N–H and O–H groups in total. The van der Waals surface area contributed by atoms with Crippen molar-refractivity contribution in [3.05, 3.63) is 101 Å². The van der Waals surface area contributed by atoms with Crippen LogP contribution in [0.4, 0.5) is 35.2 Å². The molecule has 0 radical (unpaired) electrons. The minimum atomic E-state index is -4.81. The average molecular weight is 962 g/mol. The second-order valence-corrected chi connectivity index (χ2v) is 16.1. The zero-order valence-corrected chi connectivity index (χ0v) is 37.0. The number of anilines is 3. The molecule has 21 nitrogen and oxygen atoms in total. The van der Waals surface area contributed by atoms with Crippen LogP contribution < -0.4 is 31.9 Å². The van der Waals surface area contributed by atoms with E-state index in [1.807, 2.05) is 0 Å². The number of piperidine rings is 1. The van der Waals surface area contributed by atoms with E-state index < -0.39 is 77.6 Å². The Balaban J connectivity index is 0.927. The fraction of sp³-hybridized carbons (Fsp3) is 0.239. The van der Waals surface area contributed by atoms with Gasteiger partial charge in [0.25, 0.3) is 29.5 Å². The molecule has 2 aromatic carbocycles. The lowest BCUT2D eigenvalue weighted by Crippen LogP contribution is -2.54. The number of fused-ring (bicyclic) bond motifs is 1. The van der Waals surface area contributed by atoms with Crippen LogP contribution in [0.15, 0.2) is 77.7 Å².